The highest BCUT2D eigenvalue weighted by Gasteiger charge is 2.41. The molecule has 0 aromatic heterocycles. The monoisotopic (exact) mass is 387 g/mol. The summed E-state index contributed by atoms with van der Waals surface area (Å²) in [5, 5.41) is 10.9. The number of halogens is 1. The number of likely N-dealkylation sites (tertiary alicyclic amines) is 1. The van der Waals surface area contributed by atoms with Crippen molar-refractivity contribution in [2.45, 2.75) is 57.6 Å². The third-order valence-corrected chi connectivity index (χ3v) is 5.64. The van der Waals surface area contributed by atoms with E-state index in [-0.39, 0.29) is 11.6 Å². The molecule has 1 aliphatic rings. The number of aliphatic hydroxyl groups is 1. The molecular formula is C17H26INO. The zero-order chi connectivity index (χ0) is 14.6. The molecule has 3 heteroatoms. The van der Waals surface area contributed by atoms with Crippen LogP contribution in [0.15, 0.2) is 24.3 Å². The molecule has 1 aromatic carbocycles. The molecule has 0 spiro atoms. The molecule has 1 aliphatic heterocycles. The van der Waals surface area contributed by atoms with E-state index in [2.05, 4.69) is 65.6 Å². The number of hydrogen-bond donors (Lipinski definition) is 1. The second-order valence-corrected chi connectivity index (χ2v) is 7.10. The van der Waals surface area contributed by atoms with Crippen LogP contribution >= 0.6 is 22.6 Å². The fourth-order valence-electron chi connectivity index (χ4n) is 3.58. The molecule has 20 heavy (non-hydrogen) atoms. The Labute approximate surface area is 136 Å². The summed E-state index contributed by atoms with van der Waals surface area (Å²) < 4.78 is 1.25. The molecule has 0 bridgehead atoms. The molecule has 1 unspecified atom stereocenters. The van der Waals surface area contributed by atoms with Gasteiger partial charge in [0.25, 0.3) is 0 Å². The zero-order valence-corrected chi connectivity index (χ0v) is 14.8. The van der Waals surface area contributed by atoms with Crippen molar-refractivity contribution in [3.05, 3.63) is 33.4 Å². The van der Waals surface area contributed by atoms with E-state index in [1.165, 1.54) is 22.0 Å². The van der Waals surface area contributed by atoms with Crippen LogP contribution in [0.1, 0.15) is 45.1 Å². The Kier molecular flexibility index (Phi) is 5.87. The van der Waals surface area contributed by atoms with Crippen LogP contribution in [-0.2, 0) is 6.42 Å². The van der Waals surface area contributed by atoms with Gasteiger partial charge in [0.2, 0.25) is 0 Å². The van der Waals surface area contributed by atoms with Crippen molar-refractivity contribution in [1.82, 2.24) is 4.90 Å². The predicted octanol–water partition coefficient (Wildman–Crippen LogP) is 3.85. The predicted molar refractivity (Wildman–Crippen MR) is 93.0 cm³/mol. The smallest absolute Gasteiger partial charge is 0.0763 e. The Balaban J connectivity index is 2.13. The third kappa shape index (κ3) is 3.37. The standard InChI is InChI=1S/C17H26INO/c1-3-17(4-2,19-11-5-6-12-19)16(20)13-14-7-9-15(18)10-8-14/h7-10,16,20H,3-6,11-13H2,1-2H3. The second kappa shape index (κ2) is 7.23. The van der Waals surface area contributed by atoms with E-state index in [9.17, 15) is 5.11 Å². The largest absolute Gasteiger partial charge is 0.391 e. The molecule has 0 radical (unpaired) electrons. The van der Waals surface area contributed by atoms with Gasteiger partial charge in [-0.2, -0.15) is 0 Å². The highest BCUT2D eigenvalue weighted by atomic mass is 127. The first-order valence-electron chi connectivity index (χ1n) is 7.80. The summed E-state index contributed by atoms with van der Waals surface area (Å²) in [6.07, 6.45) is 5.07. The van der Waals surface area contributed by atoms with E-state index >= 15 is 0 Å². The van der Waals surface area contributed by atoms with Crippen LogP contribution in [0.25, 0.3) is 0 Å². The third-order valence-electron chi connectivity index (χ3n) is 4.92. The van der Waals surface area contributed by atoms with Crippen molar-refractivity contribution in [3.8, 4) is 0 Å². The van der Waals surface area contributed by atoms with Crippen LogP contribution in [-0.4, -0.2) is 34.7 Å². The SMILES string of the molecule is CCC(CC)(C(O)Cc1ccc(I)cc1)N1CCCC1. The molecule has 2 nitrogen and oxygen atoms in total. The van der Waals surface area contributed by atoms with Crippen LogP contribution in [0.4, 0.5) is 0 Å². The van der Waals surface area contributed by atoms with Crippen LogP contribution in [0.3, 0.4) is 0 Å². The van der Waals surface area contributed by atoms with Gasteiger partial charge in [-0.25, -0.2) is 0 Å². The number of rotatable bonds is 6. The van der Waals surface area contributed by atoms with Gasteiger partial charge in [-0.05, 0) is 79.1 Å². The highest BCUT2D eigenvalue weighted by Crippen LogP contribution is 2.33. The summed E-state index contributed by atoms with van der Waals surface area (Å²) in [5.74, 6) is 0. The van der Waals surface area contributed by atoms with Gasteiger partial charge in [0.15, 0.2) is 0 Å². The summed E-state index contributed by atoms with van der Waals surface area (Å²) in [5.41, 5.74) is 1.20. The van der Waals surface area contributed by atoms with Gasteiger partial charge in [-0.1, -0.05) is 26.0 Å². The first kappa shape index (κ1) is 16.2. The fourth-order valence-corrected chi connectivity index (χ4v) is 3.93. The van der Waals surface area contributed by atoms with Gasteiger partial charge in [0, 0.05) is 15.5 Å². The molecule has 0 aliphatic carbocycles. The van der Waals surface area contributed by atoms with E-state index in [1.807, 2.05) is 0 Å². The Morgan fingerprint density at radius 3 is 2.20 bits per heavy atom. The normalized spacial score (nSPS) is 18.4. The summed E-state index contributed by atoms with van der Waals surface area (Å²) >= 11 is 2.32. The number of aliphatic hydroxyl groups excluding tert-OH is 1. The average molecular weight is 387 g/mol. The molecule has 2 rings (SSSR count). The lowest BCUT2D eigenvalue weighted by atomic mass is 9.82. The van der Waals surface area contributed by atoms with Gasteiger partial charge >= 0.3 is 0 Å². The number of nitrogens with zero attached hydrogens (tertiary/aromatic N) is 1. The van der Waals surface area contributed by atoms with Crippen LogP contribution in [0.2, 0.25) is 0 Å². The zero-order valence-electron chi connectivity index (χ0n) is 12.6. The molecule has 0 saturated carbocycles. The lowest BCUT2D eigenvalue weighted by Crippen LogP contribution is -2.55. The van der Waals surface area contributed by atoms with Gasteiger partial charge in [-0.15, -0.1) is 0 Å². The van der Waals surface area contributed by atoms with Crippen molar-refractivity contribution in [2.24, 2.45) is 0 Å². The summed E-state index contributed by atoms with van der Waals surface area (Å²) in [4.78, 5) is 2.53. The minimum atomic E-state index is -0.282. The Bertz CT molecular complexity index is 408. The molecule has 1 heterocycles. The topological polar surface area (TPSA) is 23.5 Å². The molecule has 1 fully saturated rings. The maximum Gasteiger partial charge on any atom is 0.0763 e. The molecule has 1 saturated heterocycles. The molecule has 1 aromatic rings. The van der Waals surface area contributed by atoms with Gasteiger partial charge in [-0.3, -0.25) is 4.90 Å². The highest BCUT2D eigenvalue weighted by molar-refractivity contribution is 14.1. The van der Waals surface area contributed by atoms with E-state index in [4.69, 9.17) is 0 Å². The number of benzene rings is 1. The van der Waals surface area contributed by atoms with Crippen LogP contribution < -0.4 is 0 Å². The molecule has 1 N–H and O–H groups in total. The van der Waals surface area contributed by atoms with Crippen molar-refractivity contribution in [1.29, 1.82) is 0 Å². The Morgan fingerprint density at radius 1 is 1.15 bits per heavy atom. The maximum atomic E-state index is 10.9. The van der Waals surface area contributed by atoms with Crippen molar-refractivity contribution >= 4 is 22.6 Å². The second-order valence-electron chi connectivity index (χ2n) is 5.85. The average Bonchev–Trinajstić information content (AvgIpc) is 2.98. The first-order valence-corrected chi connectivity index (χ1v) is 8.88. The van der Waals surface area contributed by atoms with Gasteiger partial charge in [0.1, 0.15) is 0 Å². The summed E-state index contributed by atoms with van der Waals surface area (Å²) in [6, 6.07) is 8.53. The minimum absolute atomic E-state index is 0.0422. The van der Waals surface area contributed by atoms with Crippen LogP contribution in [0, 0.1) is 3.57 Å². The van der Waals surface area contributed by atoms with Gasteiger partial charge in [0.05, 0.1) is 6.10 Å². The molecule has 112 valence electrons. The van der Waals surface area contributed by atoms with Gasteiger partial charge < -0.3 is 5.11 Å². The van der Waals surface area contributed by atoms with Crippen LogP contribution in [0.5, 0.6) is 0 Å². The van der Waals surface area contributed by atoms with Crippen molar-refractivity contribution < 1.29 is 5.11 Å². The van der Waals surface area contributed by atoms with Crippen molar-refractivity contribution in [3.63, 3.8) is 0 Å². The number of hydrogen-bond acceptors (Lipinski definition) is 2. The summed E-state index contributed by atoms with van der Waals surface area (Å²) in [7, 11) is 0. The van der Waals surface area contributed by atoms with Crippen molar-refractivity contribution in [2.75, 3.05) is 13.1 Å². The van der Waals surface area contributed by atoms with E-state index < -0.39 is 0 Å². The van der Waals surface area contributed by atoms with E-state index in [1.54, 1.807) is 0 Å². The molecule has 1 atom stereocenters. The first-order chi connectivity index (χ1) is 9.62. The summed E-state index contributed by atoms with van der Waals surface area (Å²) in [6.45, 7) is 6.73. The fraction of sp³-hybridized carbons (Fsp3) is 0.647. The Morgan fingerprint density at radius 2 is 1.70 bits per heavy atom. The lowest BCUT2D eigenvalue weighted by Gasteiger charge is -2.44. The minimum Gasteiger partial charge on any atom is -0.391 e. The lowest BCUT2D eigenvalue weighted by molar-refractivity contribution is -0.0269. The van der Waals surface area contributed by atoms with E-state index in [0.29, 0.717) is 0 Å². The maximum absolute atomic E-state index is 10.9. The molecular weight excluding hydrogens is 361 g/mol. The molecule has 0 amide bonds. The van der Waals surface area contributed by atoms with E-state index in [0.717, 1.165) is 32.4 Å². The Hall–Kier alpha value is -0.130. The quantitative estimate of drug-likeness (QED) is 0.750.